The van der Waals surface area contributed by atoms with Gasteiger partial charge < -0.3 is 15.8 Å². The molecule has 0 heterocycles. The lowest BCUT2D eigenvalue weighted by molar-refractivity contribution is -0.125. The van der Waals surface area contributed by atoms with E-state index in [9.17, 15) is 9.59 Å². The zero-order valence-corrected chi connectivity index (χ0v) is 17.0. The molecule has 0 bridgehead atoms. The summed E-state index contributed by atoms with van der Waals surface area (Å²) < 4.78 is 5.62. The lowest BCUT2D eigenvalue weighted by Crippen LogP contribution is -2.42. The molecule has 0 aromatic heterocycles. The third-order valence-electron chi connectivity index (χ3n) is 4.96. The highest BCUT2D eigenvalue weighted by Gasteiger charge is 2.25. The average Bonchev–Trinajstić information content (AvgIpc) is 2.71. The standard InChI is InChI=1S/C24H26N2O3/c1-4-29-19-9-5-7-17(14-19)20-10-6-8-16-13-18(11-12-21(16)20)22(27)26-15-24(2,3)23(25)28/h5-14H,4,15H2,1-3H3,(H2,25,28)(H,26,27). The van der Waals surface area contributed by atoms with Gasteiger partial charge in [0, 0.05) is 12.1 Å². The molecule has 29 heavy (non-hydrogen) atoms. The van der Waals surface area contributed by atoms with Crippen LogP contribution in [-0.4, -0.2) is 25.0 Å². The Hall–Kier alpha value is -3.34. The number of rotatable bonds is 7. The van der Waals surface area contributed by atoms with Gasteiger partial charge in [0.1, 0.15) is 5.75 Å². The van der Waals surface area contributed by atoms with Gasteiger partial charge in [-0.1, -0.05) is 36.4 Å². The molecule has 2 amide bonds. The summed E-state index contributed by atoms with van der Waals surface area (Å²) in [5.74, 6) is 0.148. The fourth-order valence-corrected chi connectivity index (χ4v) is 3.09. The minimum Gasteiger partial charge on any atom is -0.494 e. The third kappa shape index (κ3) is 4.57. The predicted octanol–water partition coefficient (Wildman–Crippen LogP) is 4.15. The number of primary amides is 1. The summed E-state index contributed by atoms with van der Waals surface area (Å²) in [6, 6.07) is 19.6. The molecule has 0 aliphatic rings. The number of nitrogens with one attached hydrogen (secondary N) is 1. The maximum absolute atomic E-state index is 12.5. The van der Waals surface area contributed by atoms with Crippen LogP contribution < -0.4 is 15.8 Å². The summed E-state index contributed by atoms with van der Waals surface area (Å²) >= 11 is 0. The van der Waals surface area contributed by atoms with Gasteiger partial charge in [0.2, 0.25) is 5.91 Å². The molecule has 3 N–H and O–H groups in total. The van der Waals surface area contributed by atoms with E-state index in [2.05, 4.69) is 11.4 Å². The number of amides is 2. The second-order valence-corrected chi connectivity index (χ2v) is 7.63. The normalized spacial score (nSPS) is 11.3. The Balaban J connectivity index is 1.89. The van der Waals surface area contributed by atoms with E-state index in [0.29, 0.717) is 12.2 Å². The van der Waals surface area contributed by atoms with Crippen LogP contribution in [0.3, 0.4) is 0 Å². The molecule has 5 heteroatoms. The van der Waals surface area contributed by atoms with Crippen LogP contribution in [0.15, 0.2) is 60.7 Å². The third-order valence-corrected chi connectivity index (χ3v) is 4.96. The number of hydrogen-bond donors (Lipinski definition) is 2. The molecule has 0 fully saturated rings. The Labute approximate surface area is 170 Å². The molecule has 3 rings (SSSR count). The van der Waals surface area contributed by atoms with Crippen LogP contribution >= 0.6 is 0 Å². The van der Waals surface area contributed by atoms with Crippen molar-refractivity contribution in [2.45, 2.75) is 20.8 Å². The van der Waals surface area contributed by atoms with Crippen LogP contribution in [-0.2, 0) is 4.79 Å². The number of benzene rings is 3. The number of nitrogens with two attached hydrogens (primary N) is 1. The topological polar surface area (TPSA) is 81.4 Å². The van der Waals surface area contributed by atoms with Gasteiger partial charge in [-0.15, -0.1) is 0 Å². The summed E-state index contributed by atoms with van der Waals surface area (Å²) in [7, 11) is 0. The first-order valence-corrected chi connectivity index (χ1v) is 9.66. The van der Waals surface area contributed by atoms with Crippen molar-refractivity contribution in [1.29, 1.82) is 0 Å². The largest absolute Gasteiger partial charge is 0.494 e. The van der Waals surface area contributed by atoms with Crippen LogP contribution in [0.4, 0.5) is 0 Å². The van der Waals surface area contributed by atoms with Gasteiger partial charge in [-0.25, -0.2) is 0 Å². The molecule has 0 aliphatic heterocycles. The first kappa shape index (κ1) is 20.4. The number of fused-ring (bicyclic) bond motifs is 1. The Bertz CT molecular complexity index is 1060. The number of hydrogen-bond acceptors (Lipinski definition) is 3. The maximum Gasteiger partial charge on any atom is 0.251 e. The number of carbonyl (C=O) groups is 2. The smallest absolute Gasteiger partial charge is 0.251 e. The fraction of sp³-hybridized carbons (Fsp3) is 0.250. The zero-order valence-electron chi connectivity index (χ0n) is 17.0. The SMILES string of the molecule is CCOc1cccc(-c2cccc3cc(C(=O)NCC(C)(C)C(N)=O)ccc23)c1. The molecule has 0 saturated carbocycles. The van der Waals surface area contributed by atoms with Crippen molar-refractivity contribution >= 4 is 22.6 Å². The predicted molar refractivity (Wildman–Crippen MR) is 116 cm³/mol. The van der Waals surface area contributed by atoms with Crippen LogP contribution in [0.5, 0.6) is 5.75 Å². The van der Waals surface area contributed by atoms with Gasteiger partial charge in [0.25, 0.3) is 5.91 Å². The lowest BCUT2D eigenvalue weighted by Gasteiger charge is -2.20. The summed E-state index contributed by atoms with van der Waals surface area (Å²) in [6.07, 6.45) is 0. The summed E-state index contributed by atoms with van der Waals surface area (Å²) in [6.45, 7) is 6.17. The molecule has 150 valence electrons. The molecular weight excluding hydrogens is 364 g/mol. The van der Waals surface area contributed by atoms with Crippen molar-refractivity contribution in [2.75, 3.05) is 13.2 Å². The molecule has 3 aromatic carbocycles. The first-order chi connectivity index (χ1) is 13.8. The Morgan fingerprint density at radius 1 is 1.03 bits per heavy atom. The van der Waals surface area contributed by atoms with Gasteiger partial charge in [-0.3, -0.25) is 9.59 Å². The minimum absolute atomic E-state index is 0.184. The van der Waals surface area contributed by atoms with Gasteiger partial charge >= 0.3 is 0 Å². The van der Waals surface area contributed by atoms with Crippen LogP contribution in [0, 0.1) is 5.41 Å². The quantitative estimate of drug-likeness (QED) is 0.636. The van der Waals surface area contributed by atoms with E-state index in [1.807, 2.05) is 55.5 Å². The fourth-order valence-electron chi connectivity index (χ4n) is 3.09. The summed E-state index contributed by atoms with van der Waals surface area (Å²) in [5.41, 5.74) is 7.24. The van der Waals surface area contributed by atoms with Crippen molar-refractivity contribution in [3.63, 3.8) is 0 Å². The first-order valence-electron chi connectivity index (χ1n) is 9.66. The lowest BCUT2D eigenvalue weighted by atomic mass is 9.92. The van der Waals surface area contributed by atoms with Gasteiger partial charge in [-0.05, 0) is 66.9 Å². The van der Waals surface area contributed by atoms with E-state index in [-0.39, 0.29) is 12.5 Å². The monoisotopic (exact) mass is 390 g/mol. The molecule has 0 saturated heterocycles. The van der Waals surface area contributed by atoms with E-state index in [1.165, 1.54) is 0 Å². The van der Waals surface area contributed by atoms with Crippen molar-refractivity contribution in [3.8, 4) is 16.9 Å². The second-order valence-electron chi connectivity index (χ2n) is 7.63. The number of ether oxygens (including phenoxy) is 1. The highest BCUT2D eigenvalue weighted by molar-refractivity contribution is 6.03. The van der Waals surface area contributed by atoms with E-state index >= 15 is 0 Å². The Morgan fingerprint density at radius 2 is 1.79 bits per heavy atom. The van der Waals surface area contributed by atoms with Crippen molar-refractivity contribution in [2.24, 2.45) is 11.1 Å². The number of carbonyl (C=O) groups excluding carboxylic acids is 2. The highest BCUT2D eigenvalue weighted by Crippen LogP contribution is 2.31. The minimum atomic E-state index is -0.800. The molecule has 0 atom stereocenters. The average molecular weight is 390 g/mol. The van der Waals surface area contributed by atoms with E-state index in [4.69, 9.17) is 10.5 Å². The van der Waals surface area contributed by atoms with Crippen molar-refractivity contribution in [1.82, 2.24) is 5.32 Å². The van der Waals surface area contributed by atoms with E-state index in [1.54, 1.807) is 19.9 Å². The zero-order chi connectivity index (χ0) is 21.0. The Kier molecular flexibility index (Phi) is 5.87. The van der Waals surface area contributed by atoms with Gasteiger partial charge in [0.15, 0.2) is 0 Å². The molecule has 5 nitrogen and oxygen atoms in total. The van der Waals surface area contributed by atoms with Crippen LogP contribution in [0.25, 0.3) is 21.9 Å². The molecular formula is C24H26N2O3. The van der Waals surface area contributed by atoms with E-state index < -0.39 is 11.3 Å². The van der Waals surface area contributed by atoms with Crippen molar-refractivity contribution < 1.29 is 14.3 Å². The second kappa shape index (κ2) is 8.35. The maximum atomic E-state index is 12.5. The molecule has 3 aromatic rings. The van der Waals surface area contributed by atoms with E-state index in [0.717, 1.165) is 27.6 Å². The highest BCUT2D eigenvalue weighted by atomic mass is 16.5. The van der Waals surface area contributed by atoms with Gasteiger partial charge in [-0.2, -0.15) is 0 Å². The molecule has 0 radical (unpaired) electrons. The van der Waals surface area contributed by atoms with Crippen molar-refractivity contribution in [3.05, 3.63) is 66.2 Å². The van der Waals surface area contributed by atoms with Crippen LogP contribution in [0.1, 0.15) is 31.1 Å². The van der Waals surface area contributed by atoms with Crippen LogP contribution in [0.2, 0.25) is 0 Å². The molecule has 0 aliphatic carbocycles. The molecule has 0 unspecified atom stereocenters. The summed E-state index contributed by atoms with van der Waals surface area (Å²) in [4.78, 5) is 24.0. The Morgan fingerprint density at radius 3 is 2.52 bits per heavy atom. The van der Waals surface area contributed by atoms with Gasteiger partial charge in [0.05, 0.1) is 12.0 Å². The molecule has 0 spiro atoms. The summed E-state index contributed by atoms with van der Waals surface area (Å²) in [5, 5.41) is 4.81.